The normalized spacial score (nSPS) is 13.6. The van der Waals surface area contributed by atoms with Gasteiger partial charge in [-0.3, -0.25) is 9.59 Å². The van der Waals surface area contributed by atoms with Crippen molar-refractivity contribution in [2.45, 2.75) is 18.9 Å². The Morgan fingerprint density at radius 2 is 2.00 bits per heavy atom. The molecule has 0 spiro atoms. The third kappa shape index (κ3) is 3.60. The summed E-state index contributed by atoms with van der Waals surface area (Å²) < 4.78 is 0. The smallest absolute Gasteiger partial charge is 0.251 e. The van der Waals surface area contributed by atoms with Gasteiger partial charge in [0.25, 0.3) is 5.91 Å². The quantitative estimate of drug-likeness (QED) is 0.603. The monoisotopic (exact) mass is 273 g/mol. The van der Waals surface area contributed by atoms with Crippen molar-refractivity contribution in [2.24, 2.45) is 0 Å². The third-order valence-electron chi connectivity index (χ3n) is 3.21. The largest absolute Gasteiger partial charge is 0.399 e. The van der Waals surface area contributed by atoms with Gasteiger partial charge in [0.2, 0.25) is 5.91 Å². The molecular formula is C15H19N3O2. The van der Waals surface area contributed by atoms with E-state index >= 15 is 0 Å². The number of carbonyl (C=O) groups is 2. The second-order valence-electron chi connectivity index (χ2n) is 4.87. The minimum absolute atomic E-state index is 0.00749. The number of hydrogen-bond acceptors (Lipinski definition) is 3. The summed E-state index contributed by atoms with van der Waals surface area (Å²) in [6, 6.07) is 6.90. The predicted molar refractivity (Wildman–Crippen MR) is 78.1 cm³/mol. The average Bonchev–Trinajstić information content (AvgIpc) is 3.27. The highest BCUT2D eigenvalue weighted by Gasteiger charge is 2.31. The molecule has 106 valence electrons. The van der Waals surface area contributed by atoms with Crippen molar-refractivity contribution in [1.29, 1.82) is 0 Å². The summed E-state index contributed by atoms with van der Waals surface area (Å²) in [7, 11) is 0. The predicted octanol–water partition coefficient (Wildman–Crippen LogP) is 1.18. The topological polar surface area (TPSA) is 75.4 Å². The summed E-state index contributed by atoms with van der Waals surface area (Å²) in [6.07, 6.45) is 3.77. The SMILES string of the molecule is C=CCN(C(=O)CNC(=O)c1ccc(N)cc1)C1CC1. The summed E-state index contributed by atoms with van der Waals surface area (Å²) in [5, 5.41) is 2.63. The van der Waals surface area contributed by atoms with Gasteiger partial charge in [0.1, 0.15) is 0 Å². The van der Waals surface area contributed by atoms with Crippen LogP contribution in [0.4, 0.5) is 5.69 Å². The van der Waals surface area contributed by atoms with Crippen LogP contribution >= 0.6 is 0 Å². The maximum Gasteiger partial charge on any atom is 0.251 e. The van der Waals surface area contributed by atoms with Crippen LogP contribution in [0.15, 0.2) is 36.9 Å². The average molecular weight is 273 g/mol. The van der Waals surface area contributed by atoms with Crippen molar-refractivity contribution in [3.8, 4) is 0 Å². The maximum atomic E-state index is 12.0. The number of anilines is 1. The van der Waals surface area contributed by atoms with Crippen LogP contribution in [0.5, 0.6) is 0 Å². The number of benzene rings is 1. The van der Waals surface area contributed by atoms with Gasteiger partial charge in [-0.15, -0.1) is 6.58 Å². The highest BCUT2D eigenvalue weighted by Crippen LogP contribution is 2.26. The summed E-state index contributed by atoms with van der Waals surface area (Å²) in [5.74, 6) is -0.344. The third-order valence-corrected chi connectivity index (χ3v) is 3.21. The Balaban J connectivity index is 1.87. The van der Waals surface area contributed by atoms with Crippen molar-refractivity contribution in [2.75, 3.05) is 18.8 Å². The van der Waals surface area contributed by atoms with Crippen LogP contribution in [0.2, 0.25) is 0 Å². The van der Waals surface area contributed by atoms with E-state index in [4.69, 9.17) is 5.73 Å². The van der Waals surface area contributed by atoms with Crippen LogP contribution in [0.25, 0.3) is 0 Å². The molecule has 0 unspecified atom stereocenters. The highest BCUT2D eigenvalue weighted by molar-refractivity contribution is 5.96. The molecule has 1 aliphatic rings. The van der Waals surface area contributed by atoms with E-state index in [2.05, 4.69) is 11.9 Å². The van der Waals surface area contributed by atoms with Crippen molar-refractivity contribution in [3.05, 3.63) is 42.5 Å². The molecule has 3 N–H and O–H groups in total. The fourth-order valence-corrected chi connectivity index (χ4v) is 1.97. The van der Waals surface area contributed by atoms with Gasteiger partial charge in [0, 0.05) is 23.8 Å². The van der Waals surface area contributed by atoms with Crippen LogP contribution in [-0.4, -0.2) is 35.8 Å². The lowest BCUT2D eigenvalue weighted by molar-refractivity contribution is -0.130. The first-order chi connectivity index (χ1) is 9.61. The van der Waals surface area contributed by atoms with E-state index in [0.717, 1.165) is 12.8 Å². The Bertz CT molecular complexity index is 506. The fraction of sp³-hybridized carbons (Fsp3) is 0.333. The molecule has 2 rings (SSSR count). The Labute approximate surface area is 118 Å². The number of nitrogen functional groups attached to an aromatic ring is 1. The standard InChI is InChI=1S/C15H19N3O2/c1-2-9-18(13-7-8-13)14(19)10-17-15(20)11-3-5-12(16)6-4-11/h2-6,13H,1,7-10,16H2,(H,17,20). The molecule has 1 fully saturated rings. The number of carbonyl (C=O) groups excluding carboxylic acids is 2. The molecule has 5 nitrogen and oxygen atoms in total. The summed E-state index contributed by atoms with van der Waals surface area (Å²) in [5.41, 5.74) is 6.66. The van der Waals surface area contributed by atoms with Crippen molar-refractivity contribution >= 4 is 17.5 Å². The van der Waals surface area contributed by atoms with Crippen molar-refractivity contribution in [3.63, 3.8) is 0 Å². The number of rotatable bonds is 6. The Morgan fingerprint density at radius 3 is 2.55 bits per heavy atom. The molecule has 0 aromatic heterocycles. The lowest BCUT2D eigenvalue weighted by Gasteiger charge is -2.20. The van der Waals surface area contributed by atoms with E-state index in [9.17, 15) is 9.59 Å². The van der Waals surface area contributed by atoms with E-state index in [1.165, 1.54) is 0 Å². The molecule has 20 heavy (non-hydrogen) atoms. The van der Waals surface area contributed by atoms with Crippen LogP contribution < -0.4 is 11.1 Å². The Morgan fingerprint density at radius 1 is 1.35 bits per heavy atom. The molecule has 1 aliphatic carbocycles. The molecule has 0 radical (unpaired) electrons. The minimum atomic E-state index is -0.271. The first kappa shape index (κ1) is 14.1. The highest BCUT2D eigenvalue weighted by atomic mass is 16.2. The molecule has 5 heteroatoms. The molecule has 0 heterocycles. The molecule has 1 saturated carbocycles. The first-order valence-electron chi connectivity index (χ1n) is 6.66. The van der Waals surface area contributed by atoms with Gasteiger partial charge in [-0.05, 0) is 37.1 Å². The van der Waals surface area contributed by atoms with Crippen LogP contribution in [0.1, 0.15) is 23.2 Å². The maximum absolute atomic E-state index is 12.0. The van der Waals surface area contributed by atoms with Gasteiger partial charge >= 0.3 is 0 Å². The Hall–Kier alpha value is -2.30. The van der Waals surface area contributed by atoms with Crippen molar-refractivity contribution in [1.82, 2.24) is 10.2 Å². The van der Waals surface area contributed by atoms with Gasteiger partial charge in [0.05, 0.1) is 6.54 Å². The molecule has 0 bridgehead atoms. The molecule has 0 saturated heterocycles. The van der Waals surface area contributed by atoms with Gasteiger partial charge < -0.3 is 16.0 Å². The van der Waals surface area contributed by atoms with Gasteiger partial charge in [0.15, 0.2) is 0 Å². The van der Waals surface area contributed by atoms with E-state index in [0.29, 0.717) is 23.8 Å². The lowest BCUT2D eigenvalue weighted by Crippen LogP contribution is -2.41. The summed E-state index contributed by atoms with van der Waals surface area (Å²) >= 11 is 0. The molecular weight excluding hydrogens is 254 g/mol. The second-order valence-corrected chi connectivity index (χ2v) is 4.87. The van der Waals surface area contributed by atoms with E-state index in [1.807, 2.05) is 0 Å². The van der Waals surface area contributed by atoms with Crippen LogP contribution in [0, 0.1) is 0 Å². The Kier molecular flexibility index (Phi) is 4.40. The number of hydrogen-bond donors (Lipinski definition) is 2. The van der Waals surface area contributed by atoms with Gasteiger partial charge in [-0.1, -0.05) is 6.08 Å². The zero-order valence-corrected chi connectivity index (χ0v) is 11.3. The molecule has 0 atom stereocenters. The number of nitrogens with two attached hydrogens (primary N) is 1. The minimum Gasteiger partial charge on any atom is -0.399 e. The molecule has 1 aromatic carbocycles. The molecule has 1 aromatic rings. The van der Waals surface area contributed by atoms with Crippen LogP contribution in [-0.2, 0) is 4.79 Å². The number of amides is 2. The first-order valence-corrected chi connectivity index (χ1v) is 6.66. The van der Waals surface area contributed by atoms with Crippen molar-refractivity contribution < 1.29 is 9.59 Å². The van der Waals surface area contributed by atoms with E-state index in [1.54, 1.807) is 35.2 Å². The number of nitrogens with zero attached hydrogens (tertiary/aromatic N) is 1. The molecule has 0 aliphatic heterocycles. The molecule has 2 amide bonds. The van der Waals surface area contributed by atoms with Crippen LogP contribution in [0.3, 0.4) is 0 Å². The van der Waals surface area contributed by atoms with E-state index in [-0.39, 0.29) is 18.4 Å². The van der Waals surface area contributed by atoms with Gasteiger partial charge in [-0.2, -0.15) is 0 Å². The zero-order valence-electron chi connectivity index (χ0n) is 11.3. The zero-order chi connectivity index (χ0) is 14.5. The van der Waals surface area contributed by atoms with E-state index < -0.39 is 0 Å². The summed E-state index contributed by atoms with van der Waals surface area (Å²) in [4.78, 5) is 25.7. The van der Waals surface area contributed by atoms with Gasteiger partial charge in [-0.25, -0.2) is 0 Å². The second kappa shape index (κ2) is 6.23. The number of nitrogens with one attached hydrogen (secondary N) is 1. The lowest BCUT2D eigenvalue weighted by atomic mass is 10.2. The fourth-order valence-electron chi connectivity index (χ4n) is 1.97. The summed E-state index contributed by atoms with van der Waals surface area (Å²) in [6.45, 7) is 4.19.